The van der Waals surface area contributed by atoms with Crippen LogP contribution in [0.3, 0.4) is 0 Å². The number of anilines is 2. The lowest BCUT2D eigenvalue weighted by atomic mass is 9.93. The lowest BCUT2D eigenvalue weighted by Crippen LogP contribution is -2.35. The van der Waals surface area contributed by atoms with Crippen LogP contribution in [0, 0.1) is 6.92 Å². The Balaban J connectivity index is 1.58. The van der Waals surface area contributed by atoms with Gasteiger partial charge < -0.3 is 24.7 Å². The average molecular weight is 555 g/mol. The summed E-state index contributed by atoms with van der Waals surface area (Å²) in [5, 5.41) is 7.55. The van der Waals surface area contributed by atoms with Gasteiger partial charge in [0.05, 0.1) is 13.2 Å². The predicted octanol–water partition coefficient (Wildman–Crippen LogP) is 5.46. The number of H-pyrrole nitrogens is 1. The molecule has 0 radical (unpaired) electrons. The van der Waals surface area contributed by atoms with Gasteiger partial charge in [-0.25, -0.2) is 4.79 Å². The molecule has 0 spiro atoms. The van der Waals surface area contributed by atoms with Crippen LogP contribution in [0.1, 0.15) is 46.7 Å². The fourth-order valence-corrected chi connectivity index (χ4v) is 5.30. The number of nitrogens with one attached hydrogen (secondary N) is 3. The summed E-state index contributed by atoms with van der Waals surface area (Å²) in [6.07, 6.45) is 1.08. The van der Waals surface area contributed by atoms with Crippen LogP contribution in [0.2, 0.25) is 0 Å². The Labute approximate surface area is 238 Å². The van der Waals surface area contributed by atoms with Gasteiger partial charge in [0.15, 0.2) is 0 Å². The van der Waals surface area contributed by atoms with Crippen LogP contribution in [0.25, 0.3) is 10.8 Å². The van der Waals surface area contributed by atoms with Crippen molar-refractivity contribution in [3.63, 3.8) is 0 Å². The Bertz CT molecular complexity index is 1660. The molecule has 0 saturated carbocycles. The second-order valence-electron chi connectivity index (χ2n) is 10.5. The molecule has 0 unspecified atom stereocenters. The molecule has 41 heavy (non-hydrogen) atoms. The molecule has 9 nitrogen and oxygen atoms in total. The van der Waals surface area contributed by atoms with Gasteiger partial charge in [-0.3, -0.25) is 14.9 Å². The molecule has 0 aliphatic carbocycles. The van der Waals surface area contributed by atoms with E-state index in [1.54, 1.807) is 37.4 Å². The van der Waals surface area contributed by atoms with E-state index in [1.807, 2.05) is 62.4 Å². The van der Waals surface area contributed by atoms with Crippen molar-refractivity contribution in [1.29, 1.82) is 0 Å². The van der Waals surface area contributed by atoms with Crippen LogP contribution in [0.5, 0.6) is 0 Å². The van der Waals surface area contributed by atoms with Gasteiger partial charge in [0.1, 0.15) is 6.04 Å². The highest BCUT2D eigenvalue weighted by Crippen LogP contribution is 2.29. The highest BCUT2D eigenvalue weighted by atomic mass is 16.5. The third-order valence-electron chi connectivity index (χ3n) is 7.49. The molecular formula is C32H34N4O5. The number of aryl methyl sites for hydroxylation is 1. The maximum absolute atomic E-state index is 14.1. The van der Waals surface area contributed by atoms with Crippen LogP contribution in [-0.2, 0) is 27.4 Å². The number of nitrogens with zero attached hydrogens (tertiary/aromatic N) is 1. The van der Waals surface area contributed by atoms with Crippen molar-refractivity contribution in [1.82, 2.24) is 9.88 Å². The van der Waals surface area contributed by atoms with Gasteiger partial charge >= 0.3 is 6.09 Å². The van der Waals surface area contributed by atoms with Gasteiger partial charge in [-0.2, -0.15) is 0 Å². The van der Waals surface area contributed by atoms with E-state index in [2.05, 4.69) is 15.6 Å². The number of fused-ring (bicyclic) bond motifs is 10. The van der Waals surface area contributed by atoms with Gasteiger partial charge in [0, 0.05) is 49.6 Å². The third kappa shape index (κ3) is 6.10. The van der Waals surface area contributed by atoms with Crippen LogP contribution < -0.4 is 16.2 Å². The third-order valence-corrected chi connectivity index (χ3v) is 7.49. The molecule has 2 aliphatic rings. The summed E-state index contributed by atoms with van der Waals surface area (Å²) in [5.41, 5.74) is 5.57. The van der Waals surface area contributed by atoms with E-state index in [9.17, 15) is 14.4 Å². The van der Waals surface area contributed by atoms with Gasteiger partial charge in [-0.1, -0.05) is 37.3 Å². The first-order valence-corrected chi connectivity index (χ1v) is 13.5. The first-order valence-electron chi connectivity index (χ1n) is 13.5. The number of carbonyl (C=O) groups excluding carboxylic acids is 2. The van der Waals surface area contributed by atoms with E-state index >= 15 is 0 Å². The number of benzene rings is 3. The highest BCUT2D eigenvalue weighted by Gasteiger charge is 2.26. The van der Waals surface area contributed by atoms with E-state index in [0.717, 1.165) is 33.2 Å². The van der Waals surface area contributed by atoms with E-state index in [1.165, 1.54) is 0 Å². The standard InChI is InChI=1S/C32H34N4O5/c1-19-13-22-7-10-27(19)20(2)17-41-32(39)35-25-9-6-23(18-40-4)24(14-25)16-36(3)31(38)29(22)34-26-8-5-21-11-12-33-30(37)28(21)15-26/h5-15,20,29,34H,16-18H2,1-4H3,(H,33,37)(H,35,39)/t20-,29+/m0/s1. The number of carbonyl (C=O) groups is 2. The van der Waals surface area contributed by atoms with E-state index in [-0.39, 0.29) is 30.5 Å². The topological polar surface area (TPSA) is 113 Å². The molecule has 4 bridgehead atoms. The largest absolute Gasteiger partial charge is 0.449 e. The van der Waals surface area contributed by atoms with Crippen molar-refractivity contribution < 1.29 is 19.1 Å². The number of hydrogen-bond donors (Lipinski definition) is 3. The molecule has 3 aromatic carbocycles. The van der Waals surface area contributed by atoms with Crippen molar-refractivity contribution in [3.8, 4) is 0 Å². The van der Waals surface area contributed by atoms with E-state index in [0.29, 0.717) is 23.4 Å². The fourth-order valence-electron chi connectivity index (χ4n) is 5.30. The zero-order valence-corrected chi connectivity index (χ0v) is 23.6. The van der Waals surface area contributed by atoms with E-state index in [4.69, 9.17) is 9.47 Å². The van der Waals surface area contributed by atoms with Crippen molar-refractivity contribution in [2.45, 2.75) is 39.0 Å². The second kappa shape index (κ2) is 11.9. The lowest BCUT2D eigenvalue weighted by Gasteiger charge is -2.28. The molecule has 2 amide bonds. The number of methoxy groups -OCH3 is 1. The monoisotopic (exact) mass is 554 g/mol. The Morgan fingerprint density at radius 3 is 2.66 bits per heavy atom. The first-order chi connectivity index (χ1) is 19.7. The normalized spacial score (nSPS) is 17.8. The Morgan fingerprint density at radius 1 is 1.05 bits per heavy atom. The molecule has 2 atom stereocenters. The number of aromatic amines is 1. The molecule has 9 heteroatoms. The molecular weight excluding hydrogens is 520 g/mol. The number of amides is 2. The second-order valence-corrected chi connectivity index (χ2v) is 10.5. The van der Waals surface area contributed by atoms with Crippen LogP contribution in [0.15, 0.2) is 71.7 Å². The summed E-state index contributed by atoms with van der Waals surface area (Å²) in [6.45, 7) is 4.83. The summed E-state index contributed by atoms with van der Waals surface area (Å²) in [4.78, 5) is 43.5. The summed E-state index contributed by atoms with van der Waals surface area (Å²) in [5.74, 6) is -0.208. The minimum absolute atomic E-state index is 0.0562. The number of aromatic nitrogens is 1. The van der Waals surface area contributed by atoms with Gasteiger partial charge in [-0.15, -0.1) is 0 Å². The summed E-state index contributed by atoms with van der Waals surface area (Å²) < 4.78 is 10.9. The zero-order chi connectivity index (χ0) is 29.1. The molecule has 2 aliphatic heterocycles. The van der Waals surface area contributed by atoms with E-state index < -0.39 is 12.1 Å². The maximum atomic E-state index is 14.1. The number of hydrogen-bond acceptors (Lipinski definition) is 6. The summed E-state index contributed by atoms with van der Waals surface area (Å²) in [7, 11) is 3.36. The molecule has 3 heterocycles. The first kappa shape index (κ1) is 27.9. The van der Waals surface area contributed by atoms with Crippen LogP contribution in [-0.4, -0.2) is 42.6 Å². The molecule has 1 aromatic heterocycles. The molecule has 212 valence electrons. The van der Waals surface area contributed by atoms with Crippen molar-refractivity contribution >= 4 is 34.1 Å². The lowest BCUT2D eigenvalue weighted by molar-refractivity contribution is -0.131. The average Bonchev–Trinajstić information content (AvgIpc) is 2.95. The Hall–Kier alpha value is -4.63. The van der Waals surface area contributed by atoms with Gasteiger partial charge in [0.2, 0.25) is 5.91 Å². The number of ether oxygens (including phenoxy) is 2. The molecule has 6 rings (SSSR count). The minimum Gasteiger partial charge on any atom is -0.449 e. The van der Waals surface area contributed by atoms with Gasteiger partial charge in [-0.05, 0) is 70.5 Å². The quantitative estimate of drug-likeness (QED) is 0.309. The summed E-state index contributed by atoms with van der Waals surface area (Å²) in [6, 6.07) is 18.0. The number of rotatable bonds is 4. The molecule has 0 fully saturated rings. The van der Waals surface area contributed by atoms with Crippen LogP contribution in [0.4, 0.5) is 16.2 Å². The van der Waals surface area contributed by atoms with Crippen molar-refractivity contribution in [2.24, 2.45) is 0 Å². The fraction of sp³-hybridized carbons (Fsp3) is 0.281. The molecule has 4 aromatic rings. The maximum Gasteiger partial charge on any atom is 0.411 e. The summed E-state index contributed by atoms with van der Waals surface area (Å²) >= 11 is 0. The minimum atomic E-state index is -0.721. The number of likely N-dealkylation sites (N-methyl/N-ethyl adjacent to an activating group) is 1. The Kier molecular flexibility index (Phi) is 8.07. The molecule has 0 saturated heterocycles. The molecule has 3 N–H and O–H groups in total. The van der Waals surface area contributed by atoms with Crippen molar-refractivity contribution in [2.75, 3.05) is 31.4 Å². The van der Waals surface area contributed by atoms with Crippen molar-refractivity contribution in [3.05, 3.63) is 105 Å². The predicted molar refractivity (Wildman–Crippen MR) is 159 cm³/mol. The van der Waals surface area contributed by atoms with Gasteiger partial charge in [0.25, 0.3) is 5.56 Å². The SMILES string of the molecule is COCc1ccc2cc1CN(C)C(=O)[C@H](Nc1ccc3cc[nH]c(=O)c3c1)c1ccc(c(C)c1)[C@@H](C)COC(=O)N2. The highest BCUT2D eigenvalue weighted by molar-refractivity contribution is 5.89. The zero-order valence-electron chi connectivity index (χ0n) is 23.6. The smallest absolute Gasteiger partial charge is 0.411 e. The van der Waals surface area contributed by atoms with Crippen LogP contribution >= 0.6 is 0 Å². The number of pyridine rings is 1. The Morgan fingerprint density at radius 2 is 1.88 bits per heavy atom.